The van der Waals surface area contributed by atoms with Gasteiger partial charge in [0.05, 0.1) is 19.8 Å². The van der Waals surface area contributed by atoms with Gasteiger partial charge < -0.3 is 24.2 Å². The maximum Gasteiger partial charge on any atom is 0.472 e. The molecule has 78 heavy (non-hydrogen) atoms. The summed E-state index contributed by atoms with van der Waals surface area (Å²) in [5.41, 5.74) is 0. The fraction of sp³-hybridized carbons (Fsp3) is 0.742. The van der Waals surface area contributed by atoms with Crippen molar-refractivity contribution in [1.29, 1.82) is 0 Å². The van der Waals surface area contributed by atoms with E-state index in [1.165, 1.54) is 96.3 Å². The van der Waals surface area contributed by atoms with E-state index in [0.717, 1.165) is 122 Å². The van der Waals surface area contributed by atoms with Crippen LogP contribution in [-0.4, -0.2) is 66.5 Å². The molecule has 3 unspecified atom stereocenters. The highest BCUT2D eigenvalue weighted by Gasteiger charge is 2.28. The van der Waals surface area contributed by atoms with Gasteiger partial charge in [-0.1, -0.05) is 247 Å². The lowest BCUT2D eigenvalue weighted by atomic mass is 10.0. The Morgan fingerprint density at radius 1 is 0.372 bits per heavy atom. The first kappa shape index (κ1) is 74.7. The fourth-order valence-electron chi connectivity index (χ4n) is 8.53. The van der Waals surface area contributed by atoms with Crippen LogP contribution < -0.4 is 0 Å². The van der Waals surface area contributed by atoms with E-state index < -0.39 is 57.8 Å². The third-order valence-electron chi connectivity index (χ3n) is 13.3. The van der Waals surface area contributed by atoms with Gasteiger partial charge in [-0.15, -0.1) is 0 Å². The normalized spacial score (nSPS) is 13.9. The van der Waals surface area contributed by atoms with Crippen molar-refractivity contribution in [2.45, 2.75) is 290 Å². The van der Waals surface area contributed by atoms with Crippen LogP contribution >= 0.6 is 7.82 Å². The van der Waals surface area contributed by atoms with E-state index >= 15 is 0 Å². The van der Waals surface area contributed by atoms with Crippen LogP contribution in [0, 0.1) is 0 Å². The number of hydrogen-bond donors (Lipinski definition) is 2. The maximum atomic E-state index is 12.9. The molecule has 0 fully saturated rings. The van der Waals surface area contributed by atoms with Gasteiger partial charge in [0, 0.05) is 19.3 Å². The number of ether oxygens (including phenoxy) is 3. The molecule has 450 valence electrons. The number of carbonyl (C=O) groups is 3. The van der Waals surface area contributed by atoms with E-state index in [1.807, 2.05) is 0 Å². The summed E-state index contributed by atoms with van der Waals surface area (Å²) in [4.78, 5) is 48.7. The number of phosphoric ester groups is 1. The minimum Gasteiger partial charge on any atom is -0.462 e. The third kappa shape index (κ3) is 57.3. The van der Waals surface area contributed by atoms with Crippen LogP contribution in [-0.2, 0) is 42.2 Å². The molecule has 0 saturated heterocycles. The van der Waals surface area contributed by atoms with Gasteiger partial charge in [0.25, 0.3) is 0 Å². The van der Waals surface area contributed by atoms with E-state index in [0.29, 0.717) is 19.3 Å². The van der Waals surface area contributed by atoms with Gasteiger partial charge >= 0.3 is 25.7 Å². The van der Waals surface area contributed by atoms with Crippen molar-refractivity contribution >= 4 is 25.7 Å². The minimum absolute atomic E-state index is 0.135. The number of rotatable bonds is 58. The van der Waals surface area contributed by atoms with E-state index in [1.54, 1.807) is 0 Å². The Labute approximate surface area is 477 Å². The second kappa shape index (κ2) is 59.8. The van der Waals surface area contributed by atoms with E-state index in [9.17, 15) is 28.9 Å². The first-order valence-corrected chi connectivity index (χ1v) is 33.0. The lowest BCUT2D eigenvalue weighted by Crippen LogP contribution is -2.30. The third-order valence-corrected chi connectivity index (χ3v) is 14.3. The summed E-state index contributed by atoms with van der Waals surface area (Å²) in [5, 5.41) is 9.84. The van der Waals surface area contributed by atoms with Crippen LogP contribution in [0.3, 0.4) is 0 Å². The summed E-state index contributed by atoms with van der Waals surface area (Å²) in [7, 11) is -4.76. The highest BCUT2D eigenvalue weighted by Crippen LogP contribution is 2.43. The zero-order chi connectivity index (χ0) is 56.9. The Morgan fingerprint density at radius 2 is 0.667 bits per heavy atom. The summed E-state index contributed by atoms with van der Waals surface area (Å²) in [6, 6.07) is 0. The molecule has 0 rings (SSSR count). The summed E-state index contributed by atoms with van der Waals surface area (Å²) in [5.74, 6) is -1.50. The van der Waals surface area contributed by atoms with E-state index in [-0.39, 0.29) is 25.9 Å². The number of aliphatic hydroxyl groups is 1. The van der Waals surface area contributed by atoms with Crippen LogP contribution in [0.1, 0.15) is 278 Å². The first-order chi connectivity index (χ1) is 38.2. The van der Waals surface area contributed by atoms with Crippen molar-refractivity contribution in [2.24, 2.45) is 0 Å². The van der Waals surface area contributed by atoms with Crippen LogP contribution in [0.2, 0.25) is 0 Å². The molecule has 0 bridgehead atoms. The highest BCUT2D eigenvalue weighted by atomic mass is 31.2. The van der Waals surface area contributed by atoms with Gasteiger partial charge in [0.1, 0.15) is 12.7 Å². The maximum absolute atomic E-state index is 12.9. The summed E-state index contributed by atoms with van der Waals surface area (Å²) in [6.07, 6.45) is 69.6. The predicted octanol–water partition coefficient (Wildman–Crippen LogP) is 19.0. The lowest BCUT2D eigenvalue weighted by molar-refractivity contribution is -0.161. The Balaban J connectivity index is 4.76. The van der Waals surface area contributed by atoms with Gasteiger partial charge in [0.2, 0.25) is 0 Å². The number of carbonyl (C=O) groups excluding carboxylic acids is 3. The monoisotopic (exact) mass is 1110 g/mol. The topological polar surface area (TPSA) is 155 Å². The van der Waals surface area contributed by atoms with Crippen molar-refractivity contribution < 1.29 is 52.2 Å². The Hall–Kier alpha value is -3.34. The van der Waals surface area contributed by atoms with Gasteiger partial charge in [-0.05, 0) is 96.3 Å². The SMILES string of the molecule is CC/C=C\C/C=C\C/C=C\C/C=C\CCCCCCC(=O)OC(COC(=O)CCCCCCCC/C=C\C/C=C\C/C=C\CCCCC)COP(=O)(O)OCC(CO)OC(=O)CCCCCCCCCCCCCCCCC. The number of hydrogen-bond acceptors (Lipinski definition) is 10. The van der Waals surface area contributed by atoms with Gasteiger partial charge in [-0.3, -0.25) is 23.4 Å². The predicted molar refractivity (Wildman–Crippen MR) is 325 cm³/mol. The summed E-state index contributed by atoms with van der Waals surface area (Å²) >= 11 is 0. The van der Waals surface area contributed by atoms with Gasteiger partial charge in [-0.2, -0.15) is 0 Å². The minimum atomic E-state index is -4.76. The molecule has 0 spiro atoms. The molecule has 0 radical (unpaired) electrons. The molecular weight excluding hydrogens is 1000 g/mol. The summed E-state index contributed by atoms with van der Waals surface area (Å²) in [6.45, 7) is 4.49. The zero-order valence-corrected chi connectivity index (χ0v) is 50.8. The second-order valence-electron chi connectivity index (χ2n) is 20.8. The molecule has 3 atom stereocenters. The highest BCUT2D eigenvalue weighted by molar-refractivity contribution is 7.47. The molecule has 0 amide bonds. The molecule has 0 heterocycles. The standard InChI is InChI=1S/C66H115O11P/c1-4-7-10-13-16-19-22-25-28-30-31-33-35-37-40-43-46-49-52-55-64(68)73-59-63(77-66(70)57-54-51-48-45-42-39-36-32-29-26-23-20-17-14-11-8-5-2)61-75-78(71,72)74-60-62(58-67)76-65(69)56-53-50-47-44-41-38-34-27-24-21-18-15-12-9-6-3/h8,11,16-17,19-20,25-26,28-29,31,33,36,39,62-63,67H,4-7,9-10,12-15,18,21-24,27,30,32,34-35,37-38,40-61H2,1-3H3,(H,71,72)/b11-8-,19-16-,20-17-,28-25-,29-26-,33-31-,39-36-. The zero-order valence-electron chi connectivity index (χ0n) is 49.9. The number of unbranched alkanes of at least 4 members (excludes halogenated alkanes) is 27. The van der Waals surface area contributed by atoms with Crippen molar-refractivity contribution in [2.75, 3.05) is 26.4 Å². The van der Waals surface area contributed by atoms with Crippen molar-refractivity contribution in [3.63, 3.8) is 0 Å². The molecule has 0 aromatic heterocycles. The quantitative estimate of drug-likeness (QED) is 0.0197. The molecule has 12 heteroatoms. The molecule has 11 nitrogen and oxygen atoms in total. The van der Waals surface area contributed by atoms with E-state index in [2.05, 4.69) is 106 Å². The average Bonchev–Trinajstić information content (AvgIpc) is 3.43. The molecule has 0 aliphatic carbocycles. The molecule has 2 N–H and O–H groups in total. The molecular formula is C66H115O11P. The molecule has 0 aliphatic rings. The number of aliphatic hydroxyl groups excluding tert-OH is 1. The lowest BCUT2D eigenvalue weighted by Gasteiger charge is -2.21. The van der Waals surface area contributed by atoms with E-state index in [4.69, 9.17) is 23.3 Å². The van der Waals surface area contributed by atoms with Crippen LogP contribution in [0.25, 0.3) is 0 Å². The van der Waals surface area contributed by atoms with Crippen LogP contribution in [0.4, 0.5) is 0 Å². The Kier molecular flexibility index (Phi) is 57.2. The fourth-order valence-corrected chi connectivity index (χ4v) is 9.32. The summed E-state index contributed by atoms with van der Waals surface area (Å²) < 4.78 is 39.6. The first-order valence-electron chi connectivity index (χ1n) is 31.5. The largest absolute Gasteiger partial charge is 0.472 e. The number of esters is 3. The smallest absolute Gasteiger partial charge is 0.462 e. The van der Waals surface area contributed by atoms with Crippen molar-refractivity contribution in [3.8, 4) is 0 Å². The molecule has 0 aliphatic heterocycles. The molecule has 0 saturated carbocycles. The van der Waals surface area contributed by atoms with Gasteiger partial charge in [0.15, 0.2) is 6.10 Å². The molecule has 0 aromatic rings. The molecule has 0 aromatic carbocycles. The second-order valence-corrected chi connectivity index (χ2v) is 22.3. The van der Waals surface area contributed by atoms with Crippen molar-refractivity contribution in [1.82, 2.24) is 0 Å². The van der Waals surface area contributed by atoms with Crippen LogP contribution in [0.15, 0.2) is 85.1 Å². The Bertz CT molecular complexity index is 1630. The van der Waals surface area contributed by atoms with Gasteiger partial charge in [-0.25, -0.2) is 4.57 Å². The van der Waals surface area contributed by atoms with Crippen LogP contribution in [0.5, 0.6) is 0 Å². The number of phosphoric acid groups is 1. The number of allylic oxidation sites excluding steroid dienone is 14. The average molecular weight is 1120 g/mol. The Morgan fingerprint density at radius 3 is 1.05 bits per heavy atom. The van der Waals surface area contributed by atoms with Crippen molar-refractivity contribution in [3.05, 3.63) is 85.1 Å².